The van der Waals surface area contributed by atoms with E-state index in [0.29, 0.717) is 30.4 Å². The molecular weight excluding hydrogens is 408 g/mol. The third-order valence-electron chi connectivity index (χ3n) is 5.36. The summed E-state index contributed by atoms with van der Waals surface area (Å²) in [6.45, 7) is 5.40. The van der Waals surface area contributed by atoms with Gasteiger partial charge in [-0.25, -0.2) is 4.79 Å². The molecule has 2 aliphatic heterocycles. The van der Waals surface area contributed by atoms with Crippen LogP contribution in [0.3, 0.4) is 0 Å². The Balaban J connectivity index is 1.16. The molecule has 32 heavy (non-hydrogen) atoms. The molecule has 4 rings (SSSR count). The first-order valence-corrected chi connectivity index (χ1v) is 10.8. The molecule has 2 aliphatic rings. The third-order valence-corrected chi connectivity index (χ3v) is 5.36. The lowest BCUT2D eigenvalue weighted by molar-refractivity contribution is -0.121. The van der Waals surface area contributed by atoms with Crippen molar-refractivity contribution in [2.24, 2.45) is 0 Å². The summed E-state index contributed by atoms with van der Waals surface area (Å²) in [5.74, 6) is 0.905. The summed E-state index contributed by atoms with van der Waals surface area (Å²) >= 11 is 0. The Labute approximate surface area is 187 Å². The first-order valence-electron chi connectivity index (χ1n) is 10.8. The van der Waals surface area contributed by atoms with Gasteiger partial charge in [0.25, 0.3) is 0 Å². The zero-order valence-corrected chi connectivity index (χ0v) is 18.0. The molecule has 8 nitrogen and oxygen atoms in total. The number of urea groups is 1. The number of benzene rings is 2. The van der Waals surface area contributed by atoms with Crippen LogP contribution in [0.5, 0.6) is 11.5 Å². The van der Waals surface area contributed by atoms with Crippen molar-refractivity contribution in [2.75, 3.05) is 57.8 Å². The number of hydrogen-bond donors (Lipinski definition) is 2. The molecule has 0 radical (unpaired) electrons. The number of nitrogens with one attached hydrogen (secondary N) is 2. The summed E-state index contributed by atoms with van der Waals surface area (Å²) in [5, 5.41) is 5.06. The molecule has 2 N–H and O–H groups in total. The Bertz CT molecular complexity index is 956. The van der Waals surface area contributed by atoms with Crippen LogP contribution in [0.1, 0.15) is 5.56 Å². The highest BCUT2D eigenvalue weighted by atomic mass is 16.6. The van der Waals surface area contributed by atoms with E-state index in [0.717, 1.165) is 32.7 Å². The lowest BCUT2D eigenvalue weighted by Crippen LogP contribution is -2.50. The minimum absolute atomic E-state index is 0.197. The number of hydrogen-bond acceptors (Lipinski definition) is 6. The van der Waals surface area contributed by atoms with Crippen LogP contribution in [-0.4, -0.2) is 74.2 Å². The number of piperazine rings is 1. The number of anilines is 1. The first-order chi connectivity index (χ1) is 15.7. The van der Waals surface area contributed by atoms with Crippen LogP contribution >= 0.6 is 0 Å². The Kier molecular flexibility index (Phi) is 7.37. The van der Waals surface area contributed by atoms with Crippen LogP contribution in [0, 0.1) is 0 Å². The molecule has 0 aromatic heterocycles. The minimum atomic E-state index is -0.559. The van der Waals surface area contributed by atoms with Gasteiger partial charge in [0, 0.05) is 44.5 Å². The Morgan fingerprint density at radius 2 is 1.62 bits per heavy atom. The van der Waals surface area contributed by atoms with Crippen molar-refractivity contribution < 1.29 is 19.1 Å². The zero-order valence-electron chi connectivity index (χ0n) is 18.0. The number of carbonyl (C=O) groups excluding carboxylic acids is 2. The lowest BCUT2D eigenvalue weighted by atomic mass is 10.2. The molecule has 2 aromatic carbocycles. The number of ether oxygens (including phenoxy) is 2. The summed E-state index contributed by atoms with van der Waals surface area (Å²) in [5.41, 5.74) is 1.73. The minimum Gasteiger partial charge on any atom is -0.486 e. The van der Waals surface area contributed by atoms with E-state index < -0.39 is 6.03 Å². The molecule has 168 valence electrons. The van der Waals surface area contributed by atoms with Crippen LogP contribution in [0.2, 0.25) is 0 Å². The van der Waals surface area contributed by atoms with E-state index in [-0.39, 0.29) is 12.5 Å². The van der Waals surface area contributed by atoms with Gasteiger partial charge in [-0.3, -0.25) is 19.9 Å². The molecule has 1 fully saturated rings. The number of nitrogens with zero attached hydrogens (tertiary/aromatic N) is 2. The Hall–Kier alpha value is -3.36. The van der Waals surface area contributed by atoms with Gasteiger partial charge < -0.3 is 14.8 Å². The molecule has 3 amide bonds. The normalized spacial score (nSPS) is 16.6. The maximum atomic E-state index is 12.3. The predicted molar refractivity (Wildman–Crippen MR) is 123 cm³/mol. The van der Waals surface area contributed by atoms with Crippen molar-refractivity contribution in [3.63, 3.8) is 0 Å². The molecule has 0 bridgehead atoms. The van der Waals surface area contributed by atoms with Gasteiger partial charge in [0.1, 0.15) is 13.2 Å². The van der Waals surface area contributed by atoms with Crippen molar-refractivity contribution in [2.45, 2.75) is 0 Å². The maximum absolute atomic E-state index is 12.3. The Morgan fingerprint density at radius 1 is 0.906 bits per heavy atom. The van der Waals surface area contributed by atoms with E-state index in [1.165, 1.54) is 5.56 Å². The second-order valence-electron chi connectivity index (χ2n) is 7.75. The molecule has 0 unspecified atom stereocenters. The molecule has 0 saturated carbocycles. The van der Waals surface area contributed by atoms with Crippen LogP contribution < -0.4 is 20.1 Å². The highest BCUT2D eigenvalue weighted by Crippen LogP contribution is 2.32. The van der Waals surface area contributed by atoms with Crippen LogP contribution in [-0.2, 0) is 4.79 Å². The van der Waals surface area contributed by atoms with Crippen LogP contribution in [0.15, 0.2) is 54.6 Å². The molecule has 2 heterocycles. The fraction of sp³-hybridized carbons (Fsp3) is 0.333. The average molecular weight is 437 g/mol. The largest absolute Gasteiger partial charge is 0.486 e. The average Bonchev–Trinajstić information content (AvgIpc) is 2.81. The SMILES string of the molecule is O=C(CN1CCN(CC=Cc2ccccc2)CC1)NC(=O)Nc1ccc2c(c1)OCCO2. The number of fused-ring (bicyclic) bond motifs is 1. The lowest BCUT2D eigenvalue weighted by Gasteiger charge is -2.33. The van der Waals surface area contributed by atoms with E-state index in [1.807, 2.05) is 18.2 Å². The molecule has 0 spiro atoms. The topological polar surface area (TPSA) is 83.1 Å². The van der Waals surface area contributed by atoms with Gasteiger partial charge in [0.15, 0.2) is 11.5 Å². The highest BCUT2D eigenvalue weighted by Gasteiger charge is 2.19. The Morgan fingerprint density at radius 3 is 2.41 bits per heavy atom. The number of carbonyl (C=O) groups is 2. The summed E-state index contributed by atoms with van der Waals surface area (Å²) < 4.78 is 11.0. The fourth-order valence-corrected chi connectivity index (χ4v) is 3.68. The molecular formula is C24H28N4O4. The monoisotopic (exact) mass is 436 g/mol. The van der Waals surface area contributed by atoms with E-state index in [4.69, 9.17) is 9.47 Å². The molecule has 0 aliphatic carbocycles. The van der Waals surface area contributed by atoms with Gasteiger partial charge in [-0.1, -0.05) is 42.5 Å². The van der Waals surface area contributed by atoms with Gasteiger partial charge in [-0.05, 0) is 17.7 Å². The van der Waals surface area contributed by atoms with Crippen molar-refractivity contribution in [3.05, 3.63) is 60.2 Å². The van der Waals surface area contributed by atoms with Crippen molar-refractivity contribution in [1.29, 1.82) is 0 Å². The van der Waals surface area contributed by atoms with Gasteiger partial charge >= 0.3 is 6.03 Å². The third kappa shape index (κ3) is 6.32. The van der Waals surface area contributed by atoms with Gasteiger partial charge in [-0.15, -0.1) is 0 Å². The highest BCUT2D eigenvalue weighted by molar-refractivity contribution is 6.01. The molecule has 0 atom stereocenters. The van der Waals surface area contributed by atoms with Crippen molar-refractivity contribution >= 4 is 23.7 Å². The van der Waals surface area contributed by atoms with Crippen LogP contribution in [0.4, 0.5) is 10.5 Å². The van der Waals surface area contributed by atoms with Crippen molar-refractivity contribution in [1.82, 2.24) is 15.1 Å². The van der Waals surface area contributed by atoms with Gasteiger partial charge in [0.05, 0.1) is 6.54 Å². The quantitative estimate of drug-likeness (QED) is 0.724. The standard InChI is InChI=1S/C24H28N4O4/c29-23(26-24(30)25-20-8-9-21-22(17-20)32-16-15-31-21)18-28-13-11-27(12-14-28)10-4-7-19-5-2-1-3-6-19/h1-9,17H,10-16,18H2,(H2,25,26,29,30). The van der Waals surface area contributed by atoms with Gasteiger partial charge in [-0.2, -0.15) is 0 Å². The number of amides is 3. The summed E-state index contributed by atoms with van der Waals surface area (Å²) in [7, 11) is 0. The zero-order chi connectivity index (χ0) is 22.2. The second kappa shape index (κ2) is 10.8. The van der Waals surface area contributed by atoms with E-state index in [2.05, 4.69) is 44.7 Å². The van der Waals surface area contributed by atoms with Gasteiger partial charge in [0.2, 0.25) is 5.91 Å². The fourth-order valence-electron chi connectivity index (χ4n) is 3.68. The first kappa shape index (κ1) is 21.9. The smallest absolute Gasteiger partial charge is 0.325 e. The van der Waals surface area contributed by atoms with Crippen LogP contribution in [0.25, 0.3) is 6.08 Å². The molecule has 1 saturated heterocycles. The summed E-state index contributed by atoms with van der Waals surface area (Å²) in [4.78, 5) is 28.9. The maximum Gasteiger partial charge on any atom is 0.325 e. The predicted octanol–water partition coefficient (Wildman–Crippen LogP) is 2.44. The number of imide groups is 1. The summed E-state index contributed by atoms with van der Waals surface area (Å²) in [6, 6.07) is 14.8. The second-order valence-corrected chi connectivity index (χ2v) is 7.75. The molecule has 8 heteroatoms. The van der Waals surface area contributed by atoms with E-state index >= 15 is 0 Å². The van der Waals surface area contributed by atoms with Crippen molar-refractivity contribution in [3.8, 4) is 11.5 Å². The molecule has 2 aromatic rings. The van der Waals surface area contributed by atoms with E-state index in [1.54, 1.807) is 18.2 Å². The van der Waals surface area contributed by atoms with E-state index in [9.17, 15) is 9.59 Å². The number of rotatable bonds is 6. The summed E-state index contributed by atoms with van der Waals surface area (Å²) in [6.07, 6.45) is 4.29.